The van der Waals surface area contributed by atoms with Gasteiger partial charge in [0.1, 0.15) is 12.3 Å². The smallest absolute Gasteiger partial charge is 0.264 e. The summed E-state index contributed by atoms with van der Waals surface area (Å²) in [6.07, 6.45) is 3.70. The summed E-state index contributed by atoms with van der Waals surface area (Å²) in [5, 5.41) is 2.97. The first-order valence-electron chi connectivity index (χ1n) is 12.7. The average Bonchev–Trinajstić information content (AvgIpc) is 2.92. The van der Waals surface area contributed by atoms with Crippen molar-refractivity contribution in [1.29, 1.82) is 0 Å². The van der Waals surface area contributed by atoms with E-state index < -0.39 is 15.9 Å². The summed E-state index contributed by atoms with van der Waals surface area (Å²) in [5.74, 6) is -0.0325. The highest BCUT2D eigenvalue weighted by Crippen LogP contribution is 2.33. The summed E-state index contributed by atoms with van der Waals surface area (Å²) in [7, 11) is -2.55. The van der Waals surface area contributed by atoms with E-state index in [2.05, 4.69) is 22.3 Å². The number of rotatable bonds is 9. The second-order valence-electron chi connectivity index (χ2n) is 9.43. The predicted octanol–water partition coefficient (Wildman–Crippen LogP) is 5.07. The minimum absolute atomic E-state index is 0.104. The number of hydrogen-bond donors (Lipinski definition) is 1. The van der Waals surface area contributed by atoms with Crippen LogP contribution in [0.2, 0.25) is 0 Å². The fourth-order valence-corrected chi connectivity index (χ4v) is 6.09. The quantitative estimate of drug-likeness (QED) is 0.426. The van der Waals surface area contributed by atoms with Gasteiger partial charge < -0.3 is 15.0 Å². The van der Waals surface area contributed by atoms with E-state index in [1.54, 1.807) is 30.3 Å². The first-order valence-corrected chi connectivity index (χ1v) is 14.1. The molecule has 1 aliphatic rings. The number of ether oxygens (including phenoxy) is 1. The van der Waals surface area contributed by atoms with E-state index in [4.69, 9.17) is 4.74 Å². The maximum absolute atomic E-state index is 13.7. The first-order chi connectivity index (χ1) is 17.8. The summed E-state index contributed by atoms with van der Waals surface area (Å²) in [6.45, 7) is 5.52. The minimum atomic E-state index is -4.03. The lowest BCUT2D eigenvalue weighted by Gasteiger charge is -2.29. The van der Waals surface area contributed by atoms with E-state index in [0.29, 0.717) is 11.4 Å². The van der Waals surface area contributed by atoms with Gasteiger partial charge >= 0.3 is 0 Å². The van der Waals surface area contributed by atoms with Crippen LogP contribution < -0.4 is 19.3 Å². The fraction of sp³-hybridized carbons (Fsp3) is 0.345. The third-order valence-corrected chi connectivity index (χ3v) is 8.49. The van der Waals surface area contributed by atoms with Crippen molar-refractivity contribution in [2.24, 2.45) is 0 Å². The molecule has 0 aliphatic carbocycles. The van der Waals surface area contributed by atoms with Crippen LogP contribution in [-0.4, -0.2) is 41.1 Å². The molecule has 37 heavy (non-hydrogen) atoms. The molecule has 1 unspecified atom stereocenters. The van der Waals surface area contributed by atoms with E-state index in [0.717, 1.165) is 28.5 Å². The van der Waals surface area contributed by atoms with Crippen molar-refractivity contribution in [1.82, 2.24) is 5.32 Å². The van der Waals surface area contributed by atoms with Crippen molar-refractivity contribution in [3.63, 3.8) is 0 Å². The van der Waals surface area contributed by atoms with Crippen LogP contribution in [0.3, 0.4) is 0 Å². The Morgan fingerprint density at radius 2 is 1.68 bits per heavy atom. The van der Waals surface area contributed by atoms with Crippen molar-refractivity contribution < 1.29 is 17.9 Å². The van der Waals surface area contributed by atoms with Gasteiger partial charge in [-0.3, -0.25) is 9.10 Å². The van der Waals surface area contributed by atoms with Crippen molar-refractivity contribution in [2.45, 2.75) is 44.0 Å². The van der Waals surface area contributed by atoms with Gasteiger partial charge in [-0.2, -0.15) is 0 Å². The average molecular weight is 522 g/mol. The van der Waals surface area contributed by atoms with E-state index in [9.17, 15) is 13.2 Å². The van der Waals surface area contributed by atoms with Crippen molar-refractivity contribution in [2.75, 3.05) is 35.9 Å². The van der Waals surface area contributed by atoms with Crippen LogP contribution >= 0.6 is 0 Å². The molecule has 4 rings (SSSR count). The Bertz CT molecular complexity index is 1300. The zero-order valence-electron chi connectivity index (χ0n) is 21.7. The fourth-order valence-electron chi connectivity index (χ4n) is 4.64. The number of methoxy groups -OCH3 is 1. The van der Waals surface area contributed by atoms with Crippen LogP contribution in [0, 0.1) is 6.92 Å². The van der Waals surface area contributed by atoms with E-state index >= 15 is 0 Å². The van der Waals surface area contributed by atoms with Gasteiger partial charge in [0, 0.05) is 18.8 Å². The van der Waals surface area contributed by atoms with E-state index in [-0.39, 0.29) is 17.5 Å². The number of carbonyl (C=O) groups excluding carboxylic acids is 1. The summed E-state index contributed by atoms with van der Waals surface area (Å²) >= 11 is 0. The predicted molar refractivity (Wildman–Crippen MR) is 148 cm³/mol. The maximum atomic E-state index is 13.7. The number of carbonyl (C=O) groups is 1. The Morgan fingerprint density at radius 3 is 2.32 bits per heavy atom. The third kappa shape index (κ3) is 6.25. The number of piperidine rings is 1. The number of sulfonamides is 1. The summed E-state index contributed by atoms with van der Waals surface area (Å²) < 4.78 is 33.9. The monoisotopic (exact) mass is 521 g/mol. The summed E-state index contributed by atoms with van der Waals surface area (Å²) in [5.41, 5.74) is 3.32. The molecular weight excluding hydrogens is 486 g/mol. The Hall–Kier alpha value is -3.52. The lowest BCUT2D eigenvalue weighted by atomic mass is 10.1. The molecule has 0 radical (unpaired) electrons. The molecule has 3 aromatic carbocycles. The second-order valence-corrected chi connectivity index (χ2v) is 11.3. The standard InChI is InChI=1S/C29H35N3O4S/c1-22-12-17-28(36-3)27(20-22)32(37(34,35)26-10-6-4-7-11-26)21-29(33)30-23(2)24-13-15-25(16-14-24)31-18-8-5-9-19-31/h4,6-7,10-17,20,23H,5,8-9,18-19,21H2,1-3H3,(H,30,33). The van der Waals surface area contributed by atoms with E-state index in [1.807, 2.05) is 32.0 Å². The SMILES string of the molecule is COc1ccc(C)cc1N(CC(=O)NC(C)c1ccc(N2CCCCC2)cc1)S(=O)(=O)c1ccccc1. The zero-order valence-corrected chi connectivity index (χ0v) is 22.5. The number of aryl methyl sites for hydroxylation is 1. The lowest BCUT2D eigenvalue weighted by Crippen LogP contribution is -2.41. The molecule has 3 aromatic rings. The minimum Gasteiger partial charge on any atom is -0.495 e. The number of benzene rings is 3. The van der Waals surface area contributed by atoms with Crippen LogP contribution in [0.5, 0.6) is 5.75 Å². The van der Waals surface area contributed by atoms with Crippen LogP contribution in [0.1, 0.15) is 43.4 Å². The van der Waals surface area contributed by atoms with Crippen LogP contribution in [0.25, 0.3) is 0 Å². The van der Waals surface area contributed by atoms with Gasteiger partial charge in [-0.15, -0.1) is 0 Å². The van der Waals surface area contributed by atoms with Gasteiger partial charge in [0.05, 0.1) is 23.7 Å². The summed E-state index contributed by atoms with van der Waals surface area (Å²) in [4.78, 5) is 15.7. The number of nitrogens with one attached hydrogen (secondary N) is 1. The molecular formula is C29H35N3O4S. The van der Waals surface area contributed by atoms with Crippen molar-refractivity contribution in [3.05, 3.63) is 83.9 Å². The van der Waals surface area contributed by atoms with Crippen LogP contribution in [0.4, 0.5) is 11.4 Å². The molecule has 1 heterocycles. The highest BCUT2D eigenvalue weighted by Gasteiger charge is 2.30. The number of nitrogens with zero attached hydrogens (tertiary/aromatic N) is 2. The normalized spacial score (nSPS) is 14.6. The van der Waals surface area contributed by atoms with Gasteiger partial charge in [0.2, 0.25) is 5.91 Å². The molecule has 1 aliphatic heterocycles. The Kier molecular flexibility index (Phi) is 8.38. The maximum Gasteiger partial charge on any atom is 0.264 e. The highest BCUT2D eigenvalue weighted by molar-refractivity contribution is 7.92. The molecule has 0 bridgehead atoms. The van der Waals surface area contributed by atoms with Gasteiger partial charge in [-0.1, -0.05) is 36.4 Å². The number of anilines is 2. The van der Waals surface area contributed by atoms with Crippen LogP contribution in [-0.2, 0) is 14.8 Å². The van der Waals surface area contributed by atoms with Gasteiger partial charge in [0.15, 0.2) is 0 Å². The van der Waals surface area contributed by atoms with E-state index in [1.165, 1.54) is 44.2 Å². The number of hydrogen-bond acceptors (Lipinski definition) is 5. The van der Waals surface area contributed by atoms with Gasteiger partial charge in [-0.25, -0.2) is 8.42 Å². The number of amides is 1. The highest BCUT2D eigenvalue weighted by atomic mass is 32.2. The Balaban J connectivity index is 1.55. The lowest BCUT2D eigenvalue weighted by molar-refractivity contribution is -0.120. The molecule has 1 N–H and O–H groups in total. The second kappa shape index (κ2) is 11.7. The first kappa shape index (κ1) is 26.5. The molecule has 1 saturated heterocycles. The molecule has 196 valence electrons. The largest absolute Gasteiger partial charge is 0.495 e. The molecule has 8 heteroatoms. The third-order valence-electron chi connectivity index (χ3n) is 6.71. The molecule has 0 aromatic heterocycles. The van der Waals surface area contributed by atoms with Gasteiger partial charge in [-0.05, 0) is 80.6 Å². The molecule has 7 nitrogen and oxygen atoms in total. The summed E-state index contributed by atoms with van der Waals surface area (Å²) in [6, 6.07) is 21.3. The molecule has 1 atom stereocenters. The van der Waals surface area contributed by atoms with Gasteiger partial charge in [0.25, 0.3) is 10.0 Å². The molecule has 1 amide bonds. The van der Waals surface area contributed by atoms with Crippen molar-refractivity contribution in [3.8, 4) is 5.75 Å². The zero-order chi connectivity index (χ0) is 26.4. The molecule has 1 fully saturated rings. The van der Waals surface area contributed by atoms with Crippen LogP contribution in [0.15, 0.2) is 77.7 Å². The Morgan fingerprint density at radius 1 is 1.00 bits per heavy atom. The molecule has 0 spiro atoms. The topological polar surface area (TPSA) is 79.0 Å². The van der Waals surface area contributed by atoms with Crippen molar-refractivity contribution >= 4 is 27.3 Å². The molecule has 0 saturated carbocycles. The Labute approximate surface area is 220 Å².